The van der Waals surface area contributed by atoms with Gasteiger partial charge in [0.05, 0.1) is 19.8 Å². The van der Waals surface area contributed by atoms with E-state index in [9.17, 15) is 24.2 Å². The highest BCUT2D eigenvalue weighted by Crippen LogP contribution is 2.43. The first-order chi connectivity index (χ1) is 27.7. The lowest BCUT2D eigenvalue weighted by Crippen LogP contribution is -2.29. The Morgan fingerprint density at radius 1 is 0.509 bits per heavy atom. The molecule has 0 aromatic heterocycles. The first-order valence-electron chi connectivity index (χ1n) is 23.6. The third kappa shape index (κ3) is 42.6. The van der Waals surface area contributed by atoms with Crippen LogP contribution in [0.2, 0.25) is 0 Å². The van der Waals surface area contributed by atoms with Gasteiger partial charge >= 0.3 is 19.8 Å². The van der Waals surface area contributed by atoms with Gasteiger partial charge < -0.3 is 24.6 Å². The Morgan fingerprint density at radius 3 is 1.28 bits per heavy atom. The number of carbonyl (C=O) groups is 2. The van der Waals surface area contributed by atoms with Gasteiger partial charge in [-0.1, -0.05) is 193 Å². The average Bonchev–Trinajstić information content (AvgIpc) is 3.20. The van der Waals surface area contributed by atoms with Crippen LogP contribution < -0.4 is 0 Å². The number of carbonyl (C=O) groups excluding carboxylic acids is 2. The zero-order chi connectivity index (χ0) is 41.9. The molecule has 10 nitrogen and oxygen atoms in total. The molecule has 3 atom stereocenters. The third-order valence-electron chi connectivity index (χ3n) is 10.4. The van der Waals surface area contributed by atoms with Gasteiger partial charge in [0.2, 0.25) is 0 Å². The fourth-order valence-corrected chi connectivity index (χ4v) is 7.54. The lowest BCUT2D eigenvalue weighted by Gasteiger charge is -2.20. The Hall–Kier alpha value is -1.29. The molecule has 0 aromatic carbocycles. The molecule has 11 heteroatoms. The minimum absolute atomic E-state index is 0.168. The van der Waals surface area contributed by atoms with Crippen LogP contribution in [0.25, 0.3) is 0 Å². The van der Waals surface area contributed by atoms with Crippen molar-refractivity contribution in [1.29, 1.82) is 0 Å². The number of esters is 2. The minimum atomic E-state index is -4.62. The molecule has 0 saturated carbocycles. The van der Waals surface area contributed by atoms with Crippen molar-refractivity contribution >= 4 is 19.8 Å². The minimum Gasteiger partial charge on any atom is -0.462 e. The van der Waals surface area contributed by atoms with Crippen molar-refractivity contribution in [2.24, 2.45) is 0 Å². The topological polar surface area (TPSA) is 149 Å². The number of ether oxygens (including phenoxy) is 2. The van der Waals surface area contributed by atoms with Crippen molar-refractivity contribution in [2.45, 2.75) is 244 Å². The summed E-state index contributed by atoms with van der Waals surface area (Å²) in [5.41, 5.74) is 0. The molecule has 338 valence electrons. The van der Waals surface area contributed by atoms with Gasteiger partial charge in [0.1, 0.15) is 12.7 Å². The van der Waals surface area contributed by atoms with E-state index in [1.807, 2.05) is 0 Å². The molecule has 0 saturated heterocycles. The lowest BCUT2D eigenvalue weighted by molar-refractivity contribution is -0.161. The molecule has 0 rings (SSSR count). The standard InChI is InChI=1S/C46H89O10P/c1-3-5-7-9-11-13-15-17-18-19-20-21-22-23-24-26-27-29-31-33-35-37-45(49)53-41-44(42-55-57(51,52)54-40-43(48)39-47)56-46(50)38-36-34-32-30-28-25-16-14-12-10-8-6-4-2/h25,28,43-44,47-48H,3-24,26-27,29-42H2,1-2H3,(H,51,52)/b28-25+/t43-,44+/m1/s1. The number of hydrogen-bond acceptors (Lipinski definition) is 9. The first kappa shape index (κ1) is 55.7. The van der Waals surface area contributed by atoms with E-state index in [1.165, 1.54) is 148 Å². The van der Waals surface area contributed by atoms with Gasteiger partial charge in [-0.2, -0.15) is 0 Å². The van der Waals surface area contributed by atoms with Crippen molar-refractivity contribution in [1.82, 2.24) is 0 Å². The van der Waals surface area contributed by atoms with Gasteiger partial charge in [-0.05, 0) is 38.5 Å². The normalized spacial score (nSPS) is 13.8. The predicted molar refractivity (Wildman–Crippen MR) is 233 cm³/mol. The quantitative estimate of drug-likeness (QED) is 0.0234. The summed E-state index contributed by atoms with van der Waals surface area (Å²) in [7, 11) is -4.62. The smallest absolute Gasteiger partial charge is 0.462 e. The number of allylic oxidation sites excluding steroid dienone is 2. The molecule has 0 radical (unpaired) electrons. The van der Waals surface area contributed by atoms with Gasteiger partial charge in [0.25, 0.3) is 0 Å². The molecule has 0 spiro atoms. The molecular formula is C46H89O10P. The summed E-state index contributed by atoms with van der Waals surface area (Å²) in [6, 6.07) is 0. The predicted octanol–water partition coefficient (Wildman–Crippen LogP) is 12.8. The van der Waals surface area contributed by atoms with Crippen molar-refractivity contribution in [3.63, 3.8) is 0 Å². The Bertz CT molecular complexity index is 961. The maximum atomic E-state index is 12.6. The Kier molecular flexibility index (Phi) is 41.9. The highest BCUT2D eigenvalue weighted by Gasteiger charge is 2.27. The van der Waals surface area contributed by atoms with E-state index in [2.05, 4.69) is 26.0 Å². The lowest BCUT2D eigenvalue weighted by atomic mass is 10.0. The van der Waals surface area contributed by atoms with Gasteiger partial charge in [-0.3, -0.25) is 18.6 Å². The van der Waals surface area contributed by atoms with Gasteiger partial charge in [-0.15, -0.1) is 0 Å². The summed E-state index contributed by atoms with van der Waals surface area (Å²) in [5, 5.41) is 18.3. The zero-order valence-corrected chi connectivity index (χ0v) is 37.7. The molecular weight excluding hydrogens is 743 g/mol. The zero-order valence-electron chi connectivity index (χ0n) is 36.8. The SMILES string of the molecule is CCCCCCCC/C=C/CCCCCC(=O)O[C@@H](COC(=O)CCCCCCCCCCCCCCCCCCCCCCC)COP(=O)(O)OC[C@H](O)CO. The fraction of sp³-hybridized carbons (Fsp3) is 0.913. The molecule has 57 heavy (non-hydrogen) atoms. The van der Waals surface area contributed by atoms with E-state index in [-0.39, 0.29) is 19.4 Å². The van der Waals surface area contributed by atoms with Crippen molar-refractivity contribution in [2.75, 3.05) is 26.4 Å². The number of aliphatic hydroxyl groups is 2. The van der Waals surface area contributed by atoms with E-state index in [1.54, 1.807) is 0 Å². The van der Waals surface area contributed by atoms with Crippen molar-refractivity contribution in [3.05, 3.63) is 12.2 Å². The molecule has 3 N–H and O–H groups in total. The molecule has 1 unspecified atom stereocenters. The summed E-state index contributed by atoms with van der Waals surface area (Å²) in [4.78, 5) is 35.0. The summed E-state index contributed by atoms with van der Waals surface area (Å²) in [6.45, 7) is 2.39. The maximum absolute atomic E-state index is 12.6. The Balaban J connectivity index is 4.15. The summed E-state index contributed by atoms with van der Waals surface area (Å²) in [5.74, 6) is -0.931. The van der Waals surface area contributed by atoms with Gasteiger partial charge in [0, 0.05) is 12.8 Å². The number of aliphatic hydroxyl groups excluding tert-OH is 2. The van der Waals surface area contributed by atoms with Crippen molar-refractivity contribution < 1.29 is 47.8 Å². The second kappa shape index (κ2) is 42.8. The van der Waals surface area contributed by atoms with Crippen LogP contribution in [0.15, 0.2) is 12.2 Å². The monoisotopic (exact) mass is 833 g/mol. The molecule has 0 amide bonds. The number of hydrogen-bond donors (Lipinski definition) is 3. The molecule has 0 fully saturated rings. The second-order valence-electron chi connectivity index (χ2n) is 16.1. The molecule has 0 aliphatic rings. The molecule has 0 aliphatic heterocycles. The molecule has 0 aromatic rings. The number of unbranched alkanes of at least 4 members (excludes halogenated alkanes) is 29. The number of phosphoric ester groups is 1. The first-order valence-corrected chi connectivity index (χ1v) is 25.1. The fourth-order valence-electron chi connectivity index (χ4n) is 6.75. The van der Waals surface area contributed by atoms with Gasteiger partial charge in [-0.25, -0.2) is 4.57 Å². The number of phosphoric acid groups is 1. The Labute approximate surface area is 349 Å². The van der Waals surface area contributed by atoms with Gasteiger partial charge in [0.15, 0.2) is 6.10 Å². The van der Waals surface area contributed by atoms with Crippen molar-refractivity contribution in [3.8, 4) is 0 Å². The van der Waals surface area contributed by atoms with Crippen LogP contribution in [-0.2, 0) is 32.7 Å². The van der Waals surface area contributed by atoms with Crippen LogP contribution in [0.3, 0.4) is 0 Å². The highest BCUT2D eigenvalue weighted by molar-refractivity contribution is 7.47. The van der Waals surface area contributed by atoms with Crippen LogP contribution in [-0.4, -0.2) is 65.7 Å². The van der Waals surface area contributed by atoms with E-state index in [0.29, 0.717) is 12.8 Å². The molecule has 0 heterocycles. The average molecular weight is 833 g/mol. The summed E-state index contributed by atoms with van der Waals surface area (Å²) < 4.78 is 32.7. The summed E-state index contributed by atoms with van der Waals surface area (Å²) >= 11 is 0. The highest BCUT2D eigenvalue weighted by atomic mass is 31.2. The molecule has 0 aliphatic carbocycles. The second-order valence-corrected chi connectivity index (χ2v) is 17.6. The Morgan fingerprint density at radius 2 is 0.860 bits per heavy atom. The van der Waals surface area contributed by atoms with E-state index >= 15 is 0 Å². The van der Waals surface area contributed by atoms with Crippen LogP contribution >= 0.6 is 7.82 Å². The summed E-state index contributed by atoms with van der Waals surface area (Å²) in [6.07, 6.45) is 41.9. The van der Waals surface area contributed by atoms with E-state index < -0.39 is 51.8 Å². The molecule has 0 bridgehead atoms. The van der Waals surface area contributed by atoms with Crippen LogP contribution in [0.1, 0.15) is 232 Å². The maximum Gasteiger partial charge on any atom is 0.472 e. The van der Waals surface area contributed by atoms with Crippen LogP contribution in [0.4, 0.5) is 0 Å². The van der Waals surface area contributed by atoms with Crippen LogP contribution in [0, 0.1) is 0 Å². The van der Waals surface area contributed by atoms with E-state index in [4.69, 9.17) is 23.6 Å². The third-order valence-corrected chi connectivity index (χ3v) is 11.4. The van der Waals surface area contributed by atoms with E-state index in [0.717, 1.165) is 44.9 Å². The largest absolute Gasteiger partial charge is 0.472 e. The number of rotatable bonds is 45. The van der Waals surface area contributed by atoms with Crippen LogP contribution in [0.5, 0.6) is 0 Å².